The van der Waals surface area contributed by atoms with Gasteiger partial charge in [0.25, 0.3) is 23.2 Å². The maximum atomic E-state index is 12.9. The van der Waals surface area contributed by atoms with E-state index < -0.39 is 21.8 Å². The lowest BCUT2D eigenvalue weighted by atomic mass is 10.1. The Labute approximate surface area is 313 Å². The van der Waals surface area contributed by atoms with Crippen molar-refractivity contribution in [2.45, 2.75) is 65.2 Å². The van der Waals surface area contributed by atoms with Crippen LogP contribution >= 0.6 is 0 Å². The average Bonchev–Trinajstić information content (AvgIpc) is 3.18. The van der Waals surface area contributed by atoms with Crippen LogP contribution in [0.5, 0.6) is 0 Å². The van der Waals surface area contributed by atoms with Crippen LogP contribution in [-0.4, -0.2) is 56.9 Å². The van der Waals surface area contributed by atoms with Crippen molar-refractivity contribution in [3.05, 3.63) is 140 Å². The van der Waals surface area contributed by atoms with Crippen molar-refractivity contribution in [3.8, 4) is 0 Å². The first-order valence-corrected chi connectivity index (χ1v) is 17.7. The van der Waals surface area contributed by atoms with Crippen LogP contribution in [0.4, 0.5) is 22.7 Å². The molecule has 0 radical (unpaired) electrons. The maximum absolute atomic E-state index is 12.9. The Bertz CT molecular complexity index is 1740. The van der Waals surface area contributed by atoms with Crippen LogP contribution in [0.3, 0.4) is 0 Å². The average molecular weight is 741 g/mol. The first-order valence-electron chi connectivity index (χ1n) is 17.7. The highest BCUT2D eigenvalue weighted by Crippen LogP contribution is 2.23. The van der Waals surface area contributed by atoms with E-state index in [9.17, 15) is 39.4 Å². The molecule has 2 N–H and O–H groups in total. The molecule has 0 atom stereocenters. The van der Waals surface area contributed by atoms with Crippen LogP contribution in [0, 0.1) is 20.2 Å². The number of benzene rings is 4. The molecule has 4 aromatic rings. The van der Waals surface area contributed by atoms with Gasteiger partial charge in [-0.1, -0.05) is 52.4 Å². The smallest absolute Gasteiger partial charge is 0.335 e. The van der Waals surface area contributed by atoms with Crippen molar-refractivity contribution in [1.82, 2.24) is 0 Å². The second-order valence-corrected chi connectivity index (χ2v) is 12.3. The predicted molar refractivity (Wildman–Crippen MR) is 205 cm³/mol. The fourth-order valence-corrected chi connectivity index (χ4v) is 5.42. The number of carbonyl (C=O) groups excluding carboxylic acids is 2. The zero-order chi connectivity index (χ0) is 39.6. The molecule has 4 rings (SSSR count). The zero-order valence-corrected chi connectivity index (χ0v) is 30.3. The number of nitro groups is 2. The largest absolute Gasteiger partial charge is 0.478 e. The van der Waals surface area contributed by atoms with Crippen LogP contribution in [-0.2, 0) is 0 Å². The molecule has 0 fully saturated rings. The highest BCUT2D eigenvalue weighted by atomic mass is 16.6. The molecule has 0 saturated heterocycles. The van der Waals surface area contributed by atoms with Gasteiger partial charge in [-0.3, -0.25) is 29.8 Å². The minimum Gasteiger partial charge on any atom is -0.478 e. The van der Waals surface area contributed by atoms with Gasteiger partial charge in [0.2, 0.25) is 0 Å². The van der Waals surface area contributed by atoms with Crippen molar-refractivity contribution in [2.24, 2.45) is 0 Å². The normalized spacial score (nSPS) is 10.4. The van der Waals surface area contributed by atoms with Crippen molar-refractivity contribution in [2.75, 3.05) is 22.9 Å². The van der Waals surface area contributed by atoms with Gasteiger partial charge in [-0.05, 0) is 85.6 Å². The Morgan fingerprint density at radius 3 is 1.04 bits per heavy atom. The summed E-state index contributed by atoms with van der Waals surface area (Å²) in [5.74, 6) is -2.61. The lowest BCUT2D eigenvalue weighted by molar-refractivity contribution is -0.385. The van der Waals surface area contributed by atoms with Crippen molar-refractivity contribution < 1.29 is 39.2 Å². The summed E-state index contributed by atoms with van der Waals surface area (Å²) in [4.78, 5) is 71.7. The topological polar surface area (TPSA) is 202 Å². The van der Waals surface area contributed by atoms with E-state index in [0.717, 1.165) is 51.4 Å². The van der Waals surface area contributed by atoms with E-state index in [1.165, 1.54) is 72.8 Å². The number of hydrogen-bond acceptors (Lipinski definition) is 8. The van der Waals surface area contributed by atoms with Gasteiger partial charge in [0.15, 0.2) is 0 Å². The highest BCUT2D eigenvalue weighted by Gasteiger charge is 2.21. The molecular weight excluding hydrogens is 696 g/mol. The quantitative estimate of drug-likeness (QED) is 0.0563. The van der Waals surface area contributed by atoms with Crippen molar-refractivity contribution in [1.29, 1.82) is 0 Å². The lowest BCUT2D eigenvalue weighted by Crippen LogP contribution is -2.32. The number of carboxylic acid groups (broad SMARTS) is 2. The highest BCUT2D eigenvalue weighted by molar-refractivity contribution is 6.07. The molecule has 0 unspecified atom stereocenters. The molecule has 0 heterocycles. The Morgan fingerprint density at radius 2 is 0.778 bits per heavy atom. The van der Waals surface area contributed by atoms with Gasteiger partial charge in [0.1, 0.15) is 0 Å². The summed E-state index contributed by atoms with van der Waals surface area (Å²) in [7, 11) is 0. The molecule has 0 spiro atoms. The molecule has 54 heavy (non-hydrogen) atoms. The Morgan fingerprint density at radius 1 is 0.481 bits per heavy atom. The molecule has 14 heteroatoms. The Balaban J connectivity index is 0.000000290. The summed E-state index contributed by atoms with van der Waals surface area (Å²) in [5.41, 5.74) is 2.02. The number of carboxylic acids is 2. The standard InChI is InChI=1S/2C20H22N2O5/c2*1-2-3-4-5-14-21(17-10-8-16(9-11-17)20(24)25)19(23)15-6-12-18(13-7-15)22(26)27/h2*6-13H,2-5,14H2,1H3,(H,24,25). The van der Waals surface area contributed by atoms with Crippen molar-refractivity contribution >= 4 is 46.5 Å². The van der Waals surface area contributed by atoms with Gasteiger partial charge in [0, 0.05) is 59.9 Å². The van der Waals surface area contributed by atoms with Crippen LogP contribution < -0.4 is 9.80 Å². The second kappa shape index (κ2) is 21.2. The molecule has 0 aliphatic heterocycles. The molecule has 14 nitrogen and oxygen atoms in total. The number of anilines is 2. The molecule has 0 bridgehead atoms. The van der Waals surface area contributed by atoms with E-state index in [0.29, 0.717) is 35.6 Å². The number of nitrogens with zero attached hydrogens (tertiary/aromatic N) is 4. The third kappa shape index (κ3) is 12.4. The van der Waals surface area contributed by atoms with Gasteiger partial charge < -0.3 is 20.0 Å². The van der Waals surface area contributed by atoms with Gasteiger partial charge in [-0.2, -0.15) is 0 Å². The van der Waals surface area contributed by atoms with E-state index >= 15 is 0 Å². The fourth-order valence-electron chi connectivity index (χ4n) is 5.42. The fraction of sp³-hybridized carbons (Fsp3) is 0.300. The molecule has 0 saturated carbocycles. The Hall–Kier alpha value is -6.44. The first-order chi connectivity index (χ1) is 25.9. The van der Waals surface area contributed by atoms with Crippen LogP contribution in [0.2, 0.25) is 0 Å². The second-order valence-electron chi connectivity index (χ2n) is 12.3. The molecule has 0 aliphatic rings. The summed E-state index contributed by atoms with van der Waals surface area (Å²) < 4.78 is 0. The summed E-state index contributed by atoms with van der Waals surface area (Å²) in [5, 5.41) is 39.7. The summed E-state index contributed by atoms with van der Waals surface area (Å²) in [6.45, 7) is 5.18. The monoisotopic (exact) mass is 740 g/mol. The third-order valence-corrected chi connectivity index (χ3v) is 8.46. The number of carbonyl (C=O) groups is 4. The zero-order valence-electron chi connectivity index (χ0n) is 30.3. The molecular formula is C40H44N4O10. The van der Waals surface area contributed by atoms with E-state index in [1.807, 2.05) is 0 Å². The number of non-ortho nitro benzene ring substituents is 2. The first kappa shape index (κ1) is 42.0. The van der Waals surface area contributed by atoms with Gasteiger partial charge in [-0.15, -0.1) is 0 Å². The van der Waals surface area contributed by atoms with Crippen LogP contribution in [0.15, 0.2) is 97.1 Å². The summed E-state index contributed by atoms with van der Waals surface area (Å²) >= 11 is 0. The number of unbranched alkanes of at least 4 members (excludes halogenated alkanes) is 6. The molecule has 4 aromatic carbocycles. The number of aromatic carboxylic acids is 2. The summed E-state index contributed by atoms with van der Waals surface area (Å²) in [6.07, 6.45) is 7.87. The van der Waals surface area contributed by atoms with E-state index in [-0.39, 0.29) is 34.3 Å². The number of hydrogen-bond donors (Lipinski definition) is 2. The minimum absolute atomic E-state index is 0.0770. The number of nitro benzene ring substituents is 2. The predicted octanol–water partition coefficient (Wildman–Crippen LogP) is 9.04. The SMILES string of the molecule is CCCCCCN(C(=O)c1ccc([N+](=O)[O-])cc1)c1ccc(C(=O)O)cc1.CCCCCCN(C(=O)c1ccc([N+](=O)[O-])cc1)c1ccc(C(=O)O)cc1. The molecule has 0 aromatic heterocycles. The minimum atomic E-state index is -1.03. The van der Waals surface area contributed by atoms with Gasteiger partial charge in [0.05, 0.1) is 21.0 Å². The van der Waals surface area contributed by atoms with E-state index in [2.05, 4.69) is 13.8 Å². The lowest BCUT2D eigenvalue weighted by Gasteiger charge is -2.23. The van der Waals surface area contributed by atoms with Gasteiger partial charge >= 0.3 is 11.9 Å². The van der Waals surface area contributed by atoms with E-state index in [1.54, 1.807) is 34.1 Å². The van der Waals surface area contributed by atoms with Crippen LogP contribution in [0.25, 0.3) is 0 Å². The maximum Gasteiger partial charge on any atom is 0.335 e. The number of rotatable bonds is 18. The van der Waals surface area contributed by atoms with Crippen LogP contribution in [0.1, 0.15) is 107 Å². The third-order valence-electron chi connectivity index (χ3n) is 8.46. The Kier molecular flexibility index (Phi) is 16.5. The van der Waals surface area contributed by atoms with Gasteiger partial charge in [-0.25, -0.2) is 9.59 Å². The van der Waals surface area contributed by atoms with Crippen molar-refractivity contribution in [3.63, 3.8) is 0 Å². The molecule has 0 aliphatic carbocycles. The number of amides is 2. The molecule has 284 valence electrons. The van der Waals surface area contributed by atoms with E-state index in [4.69, 9.17) is 10.2 Å². The molecule has 2 amide bonds. The summed E-state index contributed by atoms with van der Waals surface area (Å²) in [6, 6.07) is 23.2.